The first-order chi connectivity index (χ1) is 3.68. The highest BCUT2D eigenvalue weighted by Crippen LogP contribution is 1.44. The molecule has 0 unspecified atom stereocenters. The van der Waals surface area contributed by atoms with E-state index in [1.807, 2.05) is 0 Å². The molecule has 0 bridgehead atoms. The van der Waals surface area contributed by atoms with Gasteiger partial charge in [-0.2, -0.15) is 0 Å². The number of nitrogens with zero attached hydrogens (tertiary/aromatic N) is 2. The third-order valence-corrected chi connectivity index (χ3v) is 0.642. The van der Waals surface area contributed by atoms with E-state index in [1.54, 1.807) is 4.91 Å². The molecule has 0 atom stereocenters. The minimum atomic E-state index is -0.934. The van der Waals surface area contributed by atoms with Gasteiger partial charge in [0.05, 0.1) is 0 Å². The zero-order valence-corrected chi connectivity index (χ0v) is 6.25. The highest BCUT2D eigenvalue weighted by atomic mass is 28.2. The summed E-state index contributed by atoms with van der Waals surface area (Å²) in [5.74, 6) is 0. The molecule has 1 amide bonds. The van der Waals surface area contributed by atoms with E-state index in [2.05, 4.69) is 4.98 Å². The highest BCUT2D eigenvalue weighted by Gasteiger charge is 1.76. The lowest BCUT2D eigenvalue weighted by Gasteiger charge is -1.79. The fourth-order valence-electron chi connectivity index (χ4n) is 0. The van der Waals surface area contributed by atoms with E-state index in [0.29, 0.717) is 10.4 Å². The van der Waals surface area contributed by atoms with Crippen LogP contribution in [-0.2, 0) is 0 Å². The predicted molar refractivity (Wildman–Crippen MR) is 30.5 cm³/mol. The molecule has 0 rings (SSSR count). The Labute approximate surface area is 48.4 Å². The SMILES string of the molecule is O=C(O)N[SiH3].[N-]=[N+]=N. The van der Waals surface area contributed by atoms with Gasteiger partial charge in [-0.1, -0.05) is 0 Å². The average molecular weight is 134 g/mol. The number of nitrogens with one attached hydrogen (secondary N) is 2. The Hall–Kier alpha value is -1.20. The van der Waals surface area contributed by atoms with Crippen LogP contribution in [0.5, 0.6) is 0 Å². The number of hydrogen-bond donors (Lipinski definition) is 3. The Morgan fingerprint density at radius 1 is 2.00 bits per heavy atom. The molecular weight excluding hydrogens is 128 g/mol. The molecule has 3 N–H and O–H groups in total. The summed E-state index contributed by atoms with van der Waals surface area (Å²) < 4.78 is 0. The van der Waals surface area contributed by atoms with Gasteiger partial charge in [-0.15, -0.1) is 5.53 Å². The zero-order valence-electron chi connectivity index (χ0n) is 4.25. The van der Waals surface area contributed by atoms with E-state index in [-0.39, 0.29) is 0 Å². The maximum Gasteiger partial charge on any atom is 0.395 e. The third-order valence-electron chi connectivity index (χ3n) is 0.214. The Morgan fingerprint density at radius 3 is 2.12 bits per heavy atom. The lowest BCUT2D eigenvalue weighted by Crippen LogP contribution is -2.15. The second-order valence-electron chi connectivity index (χ2n) is 0.655. The summed E-state index contributed by atoms with van der Waals surface area (Å²) in [4.78, 5) is 13.1. The van der Waals surface area contributed by atoms with Crippen LogP contribution in [0.1, 0.15) is 0 Å². The zero-order chi connectivity index (χ0) is 6.99. The lowest BCUT2D eigenvalue weighted by molar-refractivity contribution is 0.201. The third kappa shape index (κ3) is 109. The molecule has 0 aromatic heterocycles. The summed E-state index contributed by atoms with van der Waals surface area (Å²) in [5.41, 5.74) is 12.2. The molecule has 0 fully saturated rings. The van der Waals surface area contributed by atoms with Gasteiger partial charge in [0.2, 0.25) is 0 Å². The van der Waals surface area contributed by atoms with E-state index in [0.717, 1.165) is 0 Å². The maximum atomic E-state index is 9.29. The van der Waals surface area contributed by atoms with Crippen LogP contribution in [0.3, 0.4) is 0 Å². The van der Waals surface area contributed by atoms with E-state index in [9.17, 15) is 4.79 Å². The monoisotopic (exact) mass is 134 g/mol. The molecule has 0 aromatic carbocycles. The summed E-state index contributed by atoms with van der Waals surface area (Å²) in [6.45, 7) is 0. The first kappa shape index (κ1) is 9.93. The minimum Gasteiger partial charge on any atom is -0.466 e. The van der Waals surface area contributed by atoms with Crippen molar-refractivity contribution < 1.29 is 9.90 Å². The van der Waals surface area contributed by atoms with Crippen LogP contribution in [0.4, 0.5) is 4.79 Å². The van der Waals surface area contributed by atoms with Crippen molar-refractivity contribution in [3.63, 3.8) is 0 Å². The van der Waals surface area contributed by atoms with Gasteiger partial charge in [-0.3, -0.25) is 0 Å². The molecule has 0 spiro atoms. The molecule has 8 heavy (non-hydrogen) atoms. The lowest BCUT2D eigenvalue weighted by atomic mass is 11.3. The van der Waals surface area contributed by atoms with E-state index in [4.69, 9.17) is 16.2 Å². The summed E-state index contributed by atoms with van der Waals surface area (Å²) in [6, 6.07) is 0. The molecule has 0 aliphatic rings. The largest absolute Gasteiger partial charge is 0.466 e. The fraction of sp³-hybridized carbons (Fsp3) is 0. The van der Waals surface area contributed by atoms with E-state index in [1.165, 1.54) is 0 Å². The van der Waals surface area contributed by atoms with Gasteiger partial charge in [0, 0.05) is 0 Å². The van der Waals surface area contributed by atoms with Crippen molar-refractivity contribution >= 4 is 16.5 Å². The summed E-state index contributed by atoms with van der Waals surface area (Å²) in [7, 11) is 0.524. The molecule has 6 nitrogen and oxygen atoms in total. The van der Waals surface area contributed by atoms with Crippen LogP contribution in [0.25, 0.3) is 10.4 Å². The van der Waals surface area contributed by atoms with Crippen LogP contribution in [0.15, 0.2) is 0 Å². The van der Waals surface area contributed by atoms with Crippen molar-refractivity contribution in [3.8, 4) is 0 Å². The van der Waals surface area contributed by atoms with Crippen LogP contribution < -0.4 is 4.98 Å². The van der Waals surface area contributed by atoms with E-state index >= 15 is 0 Å². The van der Waals surface area contributed by atoms with Crippen molar-refractivity contribution in [2.24, 2.45) is 0 Å². The number of amides is 1. The van der Waals surface area contributed by atoms with E-state index < -0.39 is 6.09 Å². The van der Waals surface area contributed by atoms with Gasteiger partial charge in [0.25, 0.3) is 0 Å². The average Bonchev–Trinajstić information content (AvgIpc) is 1.69. The minimum absolute atomic E-state index is 0.524. The fourth-order valence-corrected chi connectivity index (χ4v) is 0. The van der Waals surface area contributed by atoms with Crippen molar-refractivity contribution in [2.75, 3.05) is 0 Å². The number of carbonyl (C=O) groups is 1. The second-order valence-corrected chi connectivity index (χ2v) is 1.16. The van der Waals surface area contributed by atoms with Crippen LogP contribution >= 0.6 is 0 Å². The Kier molecular flexibility index (Phi) is 11.5. The molecule has 0 aromatic rings. The summed E-state index contributed by atoms with van der Waals surface area (Å²) in [6.07, 6.45) is -0.934. The molecular formula is CH6N4O2Si. The van der Waals surface area contributed by atoms with Crippen LogP contribution in [0.2, 0.25) is 0 Å². The first-order valence-electron chi connectivity index (χ1n) is 1.60. The van der Waals surface area contributed by atoms with Crippen molar-refractivity contribution in [3.05, 3.63) is 10.4 Å². The predicted octanol–water partition coefficient (Wildman–Crippen LogP) is -0.590. The standard InChI is InChI=1S/CH5NO2Si.HN3/c3-1(4)2-5;1-3-2/h2H,5H3,(H,3,4);1H. The van der Waals surface area contributed by atoms with Gasteiger partial charge in [-0.25, -0.2) is 4.79 Å². The van der Waals surface area contributed by atoms with Gasteiger partial charge >= 0.3 is 6.09 Å². The van der Waals surface area contributed by atoms with Gasteiger partial charge in [-0.05, 0) is 10.4 Å². The van der Waals surface area contributed by atoms with Crippen LogP contribution in [0, 0.1) is 5.53 Å². The summed E-state index contributed by atoms with van der Waals surface area (Å²) in [5, 5.41) is 7.65. The van der Waals surface area contributed by atoms with Gasteiger partial charge in [0.1, 0.15) is 10.4 Å². The first-order valence-corrected chi connectivity index (χ1v) is 2.60. The molecule has 0 radical (unpaired) electrons. The van der Waals surface area contributed by atoms with Crippen molar-refractivity contribution in [1.29, 1.82) is 5.53 Å². The smallest absolute Gasteiger partial charge is 0.395 e. The Morgan fingerprint density at radius 2 is 2.12 bits per heavy atom. The summed E-state index contributed by atoms with van der Waals surface area (Å²) >= 11 is 0. The van der Waals surface area contributed by atoms with Crippen molar-refractivity contribution in [1.82, 2.24) is 4.98 Å². The van der Waals surface area contributed by atoms with Crippen molar-refractivity contribution in [2.45, 2.75) is 0 Å². The Balaban J connectivity index is 0. The van der Waals surface area contributed by atoms with Crippen LogP contribution in [-0.4, -0.2) is 21.6 Å². The highest BCUT2D eigenvalue weighted by molar-refractivity contribution is 6.12. The molecule has 46 valence electrons. The van der Waals surface area contributed by atoms with Gasteiger partial charge in [0.15, 0.2) is 0 Å². The number of carboxylic acid groups (broad SMARTS) is 1. The molecule has 7 heteroatoms. The topological polar surface area (TPSA) is 110 Å². The second kappa shape index (κ2) is 9.25. The normalized spacial score (nSPS) is 5.50. The van der Waals surface area contributed by atoms with Gasteiger partial charge < -0.3 is 10.1 Å². The quantitative estimate of drug-likeness (QED) is 0.178. The molecule has 0 aliphatic carbocycles. The number of rotatable bonds is 0. The molecule has 0 saturated heterocycles. The Bertz CT molecular complexity index is 96.2. The number of hydrogen-bond acceptors (Lipinski definition) is 2. The molecule has 0 heterocycles. The molecule has 0 saturated carbocycles. The molecule has 0 aliphatic heterocycles. The maximum absolute atomic E-state index is 9.29.